The summed E-state index contributed by atoms with van der Waals surface area (Å²) in [5.41, 5.74) is 4.90. The number of benzene rings is 2. The third-order valence-electron chi connectivity index (χ3n) is 6.75. The topological polar surface area (TPSA) is 49.4 Å². The number of para-hydroxylation sites is 1. The van der Waals surface area contributed by atoms with E-state index in [0.717, 1.165) is 22.4 Å². The van der Waals surface area contributed by atoms with Crippen molar-refractivity contribution >= 4 is 17.5 Å². The van der Waals surface area contributed by atoms with Gasteiger partial charge in [-0.1, -0.05) is 77.3 Å². The third kappa shape index (κ3) is 4.06. The van der Waals surface area contributed by atoms with Crippen LogP contribution in [0.3, 0.4) is 0 Å². The van der Waals surface area contributed by atoms with Gasteiger partial charge in [0.2, 0.25) is 0 Å². The van der Waals surface area contributed by atoms with Gasteiger partial charge in [-0.2, -0.15) is 0 Å². The maximum absolute atomic E-state index is 13.7. The second-order valence-electron chi connectivity index (χ2n) is 9.60. The van der Waals surface area contributed by atoms with Crippen LogP contribution in [0.4, 0.5) is 5.69 Å². The molecule has 4 rings (SSSR count). The minimum absolute atomic E-state index is 0.184. The number of rotatable bonds is 6. The fourth-order valence-corrected chi connectivity index (χ4v) is 5.04. The van der Waals surface area contributed by atoms with Gasteiger partial charge in [0.05, 0.1) is 16.8 Å². The van der Waals surface area contributed by atoms with Gasteiger partial charge in [-0.05, 0) is 47.4 Å². The van der Waals surface area contributed by atoms with E-state index in [0.29, 0.717) is 23.7 Å². The first-order chi connectivity index (χ1) is 14.9. The lowest BCUT2D eigenvalue weighted by atomic mass is 9.92. The quantitative estimate of drug-likeness (QED) is 0.572. The molecule has 0 aromatic heterocycles. The fourth-order valence-electron chi connectivity index (χ4n) is 5.04. The maximum atomic E-state index is 13.7. The van der Waals surface area contributed by atoms with Crippen LogP contribution in [0, 0.1) is 0 Å². The number of fused-ring (bicyclic) bond motifs is 1. The van der Waals surface area contributed by atoms with E-state index in [1.165, 1.54) is 37.0 Å². The monoisotopic (exact) mass is 418 g/mol. The van der Waals surface area contributed by atoms with E-state index < -0.39 is 0 Å². The lowest BCUT2D eigenvalue weighted by Crippen LogP contribution is -2.33. The number of anilines is 1. The molecule has 0 unspecified atom stereocenters. The molecule has 4 heteroatoms. The van der Waals surface area contributed by atoms with Crippen LogP contribution in [0.25, 0.3) is 0 Å². The molecule has 1 heterocycles. The average Bonchev–Trinajstić information content (AvgIpc) is 3.02. The Balaban J connectivity index is 1.72. The van der Waals surface area contributed by atoms with Crippen molar-refractivity contribution in [1.82, 2.24) is 5.32 Å². The number of nitrogens with zero attached hydrogens (tertiary/aromatic N) is 1. The molecule has 0 radical (unpaired) electrons. The Labute approximate surface area is 186 Å². The SMILES string of the molecule is CC(C)c1cccc(C(C)C)c1N1C(=O)c2cccc(CNC3CCCCC3)c2C1=O. The van der Waals surface area contributed by atoms with E-state index in [1.807, 2.05) is 30.3 Å². The summed E-state index contributed by atoms with van der Waals surface area (Å²) in [4.78, 5) is 28.7. The zero-order valence-electron chi connectivity index (χ0n) is 19.2. The van der Waals surface area contributed by atoms with E-state index in [1.54, 1.807) is 6.07 Å². The first-order valence-corrected chi connectivity index (χ1v) is 11.8. The Morgan fingerprint density at radius 2 is 1.48 bits per heavy atom. The highest BCUT2D eigenvalue weighted by Gasteiger charge is 2.40. The molecule has 164 valence electrons. The van der Waals surface area contributed by atoms with E-state index in [9.17, 15) is 9.59 Å². The van der Waals surface area contributed by atoms with Crippen LogP contribution in [-0.2, 0) is 6.54 Å². The second kappa shape index (κ2) is 8.96. The molecule has 1 fully saturated rings. The zero-order valence-corrected chi connectivity index (χ0v) is 19.2. The highest BCUT2D eigenvalue weighted by Crippen LogP contribution is 2.40. The zero-order chi connectivity index (χ0) is 22.1. The summed E-state index contributed by atoms with van der Waals surface area (Å²) in [6, 6.07) is 12.3. The molecule has 1 saturated carbocycles. The summed E-state index contributed by atoms with van der Waals surface area (Å²) < 4.78 is 0. The highest BCUT2D eigenvalue weighted by atomic mass is 16.2. The summed E-state index contributed by atoms with van der Waals surface area (Å²) in [7, 11) is 0. The lowest BCUT2D eigenvalue weighted by molar-refractivity contribution is 0.0925. The van der Waals surface area contributed by atoms with Crippen LogP contribution in [0.2, 0.25) is 0 Å². The molecule has 0 atom stereocenters. The number of imide groups is 1. The van der Waals surface area contributed by atoms with Crippen LogP contribution >= 0.6 is 0 Å². The Bertz CT molecular complexity index is 960. The summed E-state index contributed by atoms with van der Waals surface area (Å²) in [6.07, 6.45) is 6.22. The number of nitrogens with one attached hydrogen (secondary N) is 1. The minimum atomic E-state index is -0.200. The Morgan fingerprint density at radius 1 is 0.871 bits per heavy atom. The van der Waals surface area contributed by atoms with Crippen molar-refractivity contribution < 1.29 is 9.59 Å². The van der Waals surface area contributed by atoms with E-state index >= 15 is 0 Å². The summed E-state index contributed by atoms with van der Waals surface area (Å²) >= 11 is 0. The molecule has 0 bridgehead atoms. The minimum Gasteiger partial charge on any atom is -0.310 e. The predicted octanol–water partition coefficient (Wildman–Crippen LogP) is 6.16. The largest absolute Gasteiger partial charge is 0.310 e. The number of carbonyl (C=O) groups is 2. The highest BCUT2D eigenvalue weighted by molar-refractivity contribution is 6.35. The Kier molecular flexibility index (Phi) is 6.29. The van der Waals surface area contributed by atoms with Gasteiger partial charge in [-0.3, -0.25) is 9.59 Å². The van der Waals surface area contributed by atoms with Crippen LogP contribution in [0.5, 0.6) is 0 Å². The molecule has 0 saturated heterocycles. The van der Waals surface area contributed by atoms with Crippen molar-refractivity contribution in [3.05, 3.63) is 64.2 Å². The average molecular weight is 419 g/mol. The normalized spacial score (nSPS) is 17.2. The smallest absolute Gasteiger partial charge is 0.266 e. The van der Waals surface area contributed by atoms with Gasteiger partial charge in [0.15, 0.2) is 0 Å². The molecule has 1 aliphatic carbocycles. The van der Waals surface area contributed by atoms with Crippen LogP contribution < -0.4 is 10.2 Å². The second-order valence-corrected chi connectivity index (χ2v) is 9.60. The molecule has 2 amide bonds. The summed E-state index contributed by atoms with van der Waals surface area (Å²) in [5, 5.41) is 3.63. The van der Waals surface area contributed by atoms with Crippen LogP contribution in [-0.4, -0.2) is 17.9 Å². The predicted molar refractivity (Wildman–Crippen MR) is 126 cm³/mol. The molecule has 2 aromatic rings. The Morgan fingerprint density at radius 3 is 2.10 bits per heavy atom. The first kappa shape index (κ1) is 21.8. The van der Waals surface area contributed by atoms with Gasteiger partial charge >= 0.3 is 0 Å². The summed E-state index contributed by atoms with van der Waals surface area (Å²) in [5.74, 6) is 0.0430. The van der Waals surface area contributed by atoms with Crippen LogP contribution in [0.15, 0.2) is 36.4 Å². The van der Waals surface area contributed by atoms with Gasteiger partial charge in [0.1, 0.15) is 0 Å². The number of carbonyl (C=O) groups excluding carboxylic acids is 2. The number of hydrogen-bond acceptors (Lipinski definition) is 3. The van der Waals surface area contributed by atoms with Gasteiger partial charge in [0.25, 0.3) is 11.8 Å². The van der Waals surface area contributed by atoms with Crippen molar-refractivity contribution in [1.29, 1.82) is 0 Å². The van der Waals surface area contributed by atoms with Gasteiger partial charge < -0.3 is 5.32 Å². The van der Waals surface area contributed by atoms with Crippen molar-refractivity contribution in [2.75, 3.05) is 4.90 Å². The van der Waals surface area contributed by atoms with Crippen molar-refractivity contribution in [2.24, 2.45) is 0 Å². The molecule has 2 aromatic carbocycles. The molecular weight excluding hydrogens is 384 g/mol. The molecule has 0 spiro atoms. The number of amides is 2. The van der Waals surface area contributed by atoms with E-state index in [2.05, 4.69) is 33.0 Å². The molecule has 2 aliphatic rings. The lowest BCUT2D eigenvalue weighted by Gasteiger charge is -2.25. The van der Waals surface area contributed by atoms with Crippen molar-refractivity contribution in [3.63, 3.8) is 0 Å². The molecule has 31 heavy (non-hydrogen) atoms. The van der Waals surface area contributed by atoms with Gasteiger partial charge in [0, 0.05) is 12.6 Å². The molecular formula is C27H34N2O2. The van der Waals surface area contributed by atoms with E-state index in [-0.39, 0.29) is 23.7 Å². The first-order valence-electron chi connectivity index (χ1n) is 11.8. The maximum Gasteiger partial charge on any atom is 0.266 e. The Hall–Kier alpha value is -2.46. The van der Waals surface area contributed by atoms with Gasteiger partial charge in [-0.15, -0.1) is 0 Å². The molecule has 1 N–H and O–H groups in total. The standard InChI is InChI=1S/C27H34N2O2/c1-17(2)21-13-9-14-22(18(3)4)25(21)29-26(30)23-15-8-10-19(24(23)27(29)31)16-28-20-11-6-5-7-12-20/h8-10,13-15,17-18,20,28H,5-7,11-12,16H2,1-4H3. The van der Waals surface area contributed by atoms with Crippen molar-refractivity contribution in [3.8, 4) is 0 Å². The molecule has 4 nitrogen and oxygen atoms in total. The van der Waals surface area contributed by atoms with Crippen LogP contribution in [0.1, 0.15) is 109 Å². The third-order valence-corrected chi connectivity index (χ3v) is 6.75. The summed E-state index contributed by atoms with van der Waals surface area (Å²) in [6.45, 7) is 9.08. The fraction of sp³-hybridized carbons (Fsp3) is 0.481. The number of hydrogen-bond donors (Lipinski definition) is 1. The van der Waals surface area contributed by atoms with E-state index in [4.69, 9.17) is 0 Å². The van der Waals surface area contributed by atoms with Gasteiger partial charge in [-0.25, -0.2) is 4.90 Å². The molecule has 1 aliphatic heterocycles. The van der Waals surface area contributed by atoms with Crippen molar-refractivity contribution in [2.45, 2.75) is 84.2 Å².